The largest absolute Gasteiger partial charge is 0.358 e. The number of hydrogen-bond acceptors (Lipinski definition) is 3. The Kier molecular flexibility index (Phi) is 4.53. The average Bonchev–Trinajstić information content (AvgIpc) is 1.87. The first-order valence-electron chi connectivity index (χ1n) is 2.63. The van der Waals surface area contributed by atoms with E-state index in [-0.39, 0.29) is 11.2 Å². The molecule has 3 nitrogen and oxygen atoms in total. The Morgan fingerprint density at radius 2 is 2.33 bits per heavy atom. The van der Waals surface area contributed by atoms with Crippen molar-refractivity contribution in [2.45, 2.75) is 12.2 Å². The monoisotopic (exact) mass is 149 g/mol. The average molecular weight is 149 g/mol. The van der Waals surface area contributed by atoms with Crippen LogP contribution in [0.2, 0.25) is 0 Å². The molecule has 0 saturated heterocycles. The van der Waals surface area contributed by atoms with Gasteiger partial charge in [-0.15, -0.1) is 0 Å². The first-order chi connectivity index (χ1) is 4.22. The van der Waals surface area contributed by atoms with Gasteiger partial charge in [0.25, 0.3) is 0 Å². The van der Waals surface area contributed by atoms with E-state index < -0.39 is 0 Å². The van der Waals surface area contributed by atoms with Gasteiger partial charge in [-0.1, -0.05) is 0 Å². The van der Waals surface area contributed by atoms with Crippen molar-refractivity contribution in [3.8, 4) is 0 Å². The number of carbonyl (C=O) groups is 1. The highest BCUT2D eigenvalue weighted by Crippen LogP contribution is 2.08. The fourth-order valence-corrected chi connectivity index (χ4v) is 0.885. The van der Waals surface area contributed by atoms with Crippen LogP contribution < -0.4 is 5.32 Å². The normalized spacial score (nSPS) is 12.8. The van der Waals surface area contributed by atoms with Crippen molar-refractivity contribution in [3.63, 3.8) is 0 Å². The Morgan fingerprint density at radius 1 is 1.78 bits per heavy atom. The van der Waals surface area contributed by atoms with Crippen LogP contribution in [0, 0.1) is 0 Å². The smallest absolute Gasteiger partial charge is 0.234 e. The van der Waals surface area contributed by atoms with Crippen LogP contribution in [0.3, 0.4) is 0 Å². The van der Waals surface area contributed by atoms with Gasteiger partial charge in [-0.2, -0.15) is 0 Å². The number of hydrogen-bond donors (Lipinski definition) is 1. The molecule has 1 amide bonds. The Hall–Kier alpha value is -0.220. The molecule has 0 saturated carbocycles. The summed E-state index contributed by atoms with van der Waals surface area (Å²) in [6.07, 6.45) is 0. The number of nitrogens with one attached hydrogen (secondary N) is 1. The topological polar surface area (TPSA) is 38.3 Å². The molecule has 0 radical (unpaired) electrons. The van der Waals surface area contributed by atoms with Gasteiger partial charge in [-0.05, 0) is 6.92 Å². The van der Waals surface area contributed by atoms with E-state index in [0.29, 0.717) is 0 Å². The van der Waals surface area contributed by atoms with Crippen LogP contribution >= 0.6 is 12.0 Å². The van der Waals surface area contributed by atoms with E-state index in [1.54, 1.807) is 21.1 Å². The lowest BCUT2D eigenvalue weighted by Crippen LogP contribution is -2.27. The first kappa shape index (κ1) is 8.78. The van der Waals surface area contributed by atoms with E-state index in [1.807, 2.05) is 0 Å². The van der Waals surface area contributed by atoms with Crippen molar-refractivity contribution in [2.24, 2.45) is 0 Å². The highest BCUT2D eigenvalue weighted by molar-refractivity contribution is 7.96. The lowest BCUT2D eigenvalue weighted by atomic mass is 10.4. The van der Waals surface area contributed by atoms with Gasteiger partial charge in [0.1, 0.15) is 5.25 Å². The molecule has 0 bridgehead atoms. The first-order valence-corrected chi connectivity index (χ1v) is 3.44. The number of amides is 1. The Balaban J connectivity index is 3.45. The second-order valence-electron chi connectivity index (χ2n) is 1.52. The van der Waals surface area contributed by atoms with Crippen molar-refractivity contribution in [1.29, 1.82) is 0 Å². The molecule has 0 aromatic heterocycles. The van der Waals surface area contributed by atoms with Crippen LogP contribution in [0.25, 0.3) is 0 Å². The summed E-state index contributed by atoms with van der Waals surface area (Å²) < 4.78 is 4.68. The van der Waals surface area contributed by atoms with Crippen molar-refractivity contribution >= 4 is 17.9 Å². The molecule has 0 rings (SSSR count). The fourth-order valence-electron chi connectivity index (χ4n) is 0.391. The molecule has 9 heavy (non-hydrogen) atoms. The summed E-state index contributed by atoms with van der Waals surface area (Å²) >= 11 is 1.15. The van der Waals surface area contributed by atoms with Crippen LogP contribution in [-0.2, 0) is 8.98 Å². The molecular weight excluding hydrogens is 138 g/mol. The molecule has 0 heterocycles. The molecule has 0 aliphatic rings. The third-order valence-electron chi connectivity index (χ3n) is 0.856. The van der Waals surface area contributed by atoms with Crippen LogP contribution in [-0.4, -0.2) is 25.3 Å². The predicted molar refractivity (Wildman–Crippen MR) is 38.1 cm³/mol. The Labute approximate surface area is 59.4 Å². The van der Waals surface area contributed by atoms with Gasteiger partial charge in [0, 0.05) is 19.1 Å². The summed E-state index contributed by atoms with van der Waals surface area (Å²) in [5.74, 6) is -0.0122. The maximum Gasteiger partial charge on any atom is 0.234 e. The molecule has 0 aliphatic carbocycles. The van der Waals surface area contributed by atoms with E-state index in [2.05, 4.69) is 9.50 Å². The minimum Gasteiger partial charge on any atom is -0.358 e. The standard InChI is InChI=1S/C5H11NO2S/c1-4(9-8-3)5(7)6-2/h4H,1-3H3,(H,6,7). The SMILES string of the molecule is CNC(=O)C(C)SOC. The van der Waals surface area contributed by atoms with E-state index in [4.69, 9.17) is 0 Å². The third kappa shape index (κ3) is 3.37. The van der Waals surface area contributed by atoms with Gasteiger partial charge < -0.3 is 9.50 Å². The van der Waals surface area contributed by atoms with Crippen molar-refractivity contribution in [3.05, 3.63) is 0 Å². The molecule has 1 unspecified atom stereocenters. The van der Waals surface area contributed by atoms with Crippen molar-refractivity contribution < 1.29 is 8.98 Å². The summed E-state index contributed by atoms with van der Waals surface area (Å²) in [4.78, 5) is 10.7. The van der Waals surface area contributed by atoms with Crippen LogP contribution in [0.5, 0.6) is 0 Å². The van der Waals surface area contributed by atoms with E-state index >= 15 is 0 Å². The summed E-state index contributed by atoms with van der Waals surface area (Å²) in [5.41, 5.74) is 0. The van der Waals surface area contributed by atoms with Gasteiger partial charge >= 0.3 is 0 Å². The molecule has 1 N–H and O–H groups in total. The third-order valence-corrected chi connectivity index (χ3v) is 1.55. The van der Waals surface area contributed by atoms with Crippen molar-refractivity contribution in [1.82, 2.24) is 5.32 Å². The summed E-state index contributed by atoms with van der Waals surface area (Å²) in [6, 6.07) is 0. The zero-order valence-corrected chi connectivity index (χ0v) is 6.62. The molecule has 54 valence electrons. The molecule has 0 aliphatic heterocycles. The predicted octanol–water partition coefficient (Wildman–Crippen LogP) is 0.415. The quantitative estimate of drug-likeness (QED) is 0.591. The molecule has 1 atom stereocenters. The molecule has 4 heteroatoms. The summed E-state index contributed by atoms with van der Waals surface area (Å²) in [5, 5.41) is 2.38. The minimum absolute atomic E-state index is 0.0122. The van der Waals surface area contributed by atoms with E-state index in [1.165, 1.54) is 0 Å². The van der Waals surface area contributed by atoms with E-state index in [9.17, 15) is 4.79 Å². The maximum absolute atomic E-state index is 10.7. The Morgan fingerprint density at radius 3 is 2.67 bits per heavy atom. The minimum atomic E-state index is -0.125. The van der Waals surface area contributed by atoms with Gasteiger partial charge in [0.15, 0.2) is 0 Å². The second kappa shape index (κ2) is 4.64. The van der Waals surface area contributed by atoms with Crippen LogP contribution in [0.4, 0.5) is 0 Å². The molecule has 0 aromatic carbocycles. The molecular formula is C5H11NO2S. The lowest BCUT2D eigenvalue weighted by molar-refractivity contribution is -0.119. The molecule has 0 spiro atoms. The van der Waals surface area contributed by atoms with Gasteiger partial charge in [0.2, 0.25) is 5.91 Å². The van der Waals surface area contributed by atoms with Crippen LogP contribution in [0.1, 0.15) is 6.92 Å². The summed E-state index contributed by atoms with van der Waals surface area (Å²) in [6.45, 7) is 1.78. The zero-order chi connectivity index (χ0) is 7.28. The highest BCUT2D eigenvalue weighted by Gasteiger charge is 2.10. The summed E-state index contributed by atoms with van der Waals surface area (Å²) in [7, 11) is 3.15. The maximum atomic E-state index is 10.7. The Bertz CT molecular complexity index is 97.0. The lowest BCUT2D eigenvalue weighted by Gasteiger charge is -2.05. The second-order valence-corrected chi connectivity index (χ2v) is 2.75. The molecule has 0 fully saturated rings. The highest BCUT2D eigenvalue weighted by atomic mass is 32.2. The van der Waals surface area contributed by atoms with Gasteiger partial charge in [-0.25, -0.2) is 0 Å². The number of rotatable bonds is 3. The molecule has 0 aromatic rings. The van der Waals surface area contributed by atoms with Crippen molar-refractivity contribution in [2.75, 3.05) is 14.2 Å². The fraction of sp³-hybridized carbons (Fsp3) is 0.800. The van der Waals surface area contributed by atoms with Gasteiger partial charge in [0.05, 0.1) is 7.11 Å². The van der Waals surface area contributed by atoms with E-state index in [0.717, 1.165) is 12.0 Å². The van der Waals surface area contributed by atoms with Gasteiger partial charge in [-0.3, -0.25) is 4.79 Å². The zero-order valence-electron chi connectivity index (χ0n) is 5.80. The number of carbonyl (C=O) groups excluding carboxylic acids is 1. The van der Waals surface area contributed by atoms with Crippen LogP contribution in [0.15, 0.2) is 0 Å².